The smallest absolute Gasteiger partial charge is 0.279 e. The second kappa shape index (κ2) is 9.44. The fraction of sp³-hybridized carbons (Fsp3) is 1.00. The maximum absolute atomic E-state index is 12.4. The molecule has 0 saturated carbocycles. The molecule has 2 heterocycles. The first-order valence-electron chi connectivity index (χ1n) is 9.30. The molecule has 0 aliphatic carbocycles. The maximum atomic E-state index is 12.4. The third-order valence-corrected chi connectivity index (χ3v) is 7.47. The molecule has 0 radical (unpaired) electrons. The van der Waals surface area contributed by atoms with Crippen LogP contribution in [0.1, 0.15) is 34.1 Å². The van der Waals surface area contributed by atoms with Crippen LogP contribution in [0.15, 0.2) is 0 Å². The molecule has 2 N–H and O–H groups in total. The molecule has 2 saturated heterocycles. The highest BCUT2D eigenvalue weighted by Gasteiger charge is 2.32. The van der Waals surface area contributed by atoms with Gasteiger partial charge >= 0.3 is 0 Å². The van der Waals surface area contributed by atoms with Crippen molar-refractivity contribution < 1.29 is 26.3 Å². The van der Waals surface area contributed by atoms with E-state index >= 15 is 0 Å². The van der Waals surface area contributed by atoms with Gasteiger partial charge in [0.05, 0.1) is 24.4 Å². The molecule has 0 aromatic rings. The van der Waals surface area contributed by atoms with E-state index in [0.29, 0.717) is 32.6 Å². The van der Waals surface area contributed by atoms with Crippen molar-refractivity contribution in [3.63, 3.8) is 0 Å². The van der Waals surface area contributed by atoms with Gasteiger partial charge in [-0.05, 0) is 34.1 Å². The molecule has 4 atom stereocenters. The van der Waals surface area contributed by atoms with Crippen molar-refractivity contribution in [2.24, 2.45) is 0 Å². The average Bonchev–Trinajstić information content (AvgIpc) is 2.52. The summed E-state index contributed by atoms with van der Waals surface area (Å²) < 4.78 is 68.3. The third kappa shape index (κ3) is 6.89. The summed E-state index contributed by atoms with van der Waals surface area (Å²) in [4.78, 5) is 0. The first-order valence-corrected chi connectivity index (χ1v) is 12.2. The number of nitrogens with zero attached hydrogens (tertiary/aromatic N) is 2. The van der Waals surface area contributed by atoms with Crippen LogP contribution >= 0.6 is 0 Å². The van der Waals surface area contributed by atoms with Gasteiger partial charge in [-0.3, -0.25) is 0 Å². The first-order chi connectivity index (χ1) is 12.5. The minimum Gasteiger partial charge on any atom is -0.373 e. The number of morpholine rings is 2. The highest BCUT2D eigenvalue weighted by Crippen LogP contribution is 2.14. The van der Waals surface area contributed by atoms with Gasteiger partial charge in [-0.2, -0.15) is 25.4 Å². The van der Waals surface area contributed by atoms with Gasteiger partial charge < -0.3 is 9.47 Å². The Bertz CT molecular complexity index is 608. The molecule has 0 bridgehead atoms. The second-order valence-electron chi connectivity index (χ2n) is 7.30. The zero-order valence-corrected chi connectivity index (χ0v) is 18.1. The molecule has 2 rings (SSSR count). The normalized spacial score (nSPS) is 31.9. The van der Waals surface area contributed by atoms with Crippen molar-refractivity contribution in [2.75, 3.05) is 39.3 Å². The summed E-state index contributed by atoms with van der Waals surface area (Å²) in [6.07, 6.45) is -0.277. The van der Waals surface area contributed by atoms with E-state index in [-0.39, 0.29) is 37.5 Å². The molecule has 12 heteroatoms. The summed E-state index contributed by atoms with van der Waals surface area (Å²) in [6, 6.07) is 0. The lowest BCUT2D eigenvalue weighted by molar-refractivity contribution is -0.0444. The first kappa shape index (κ1) is 22.9. The molecule has 0 amide bonds. The predicted octanol–water partition coefficient (Wildman–Crippen LogP) is -0.736. The number of hydrogen-bond acceptors (Lipinski definition) is 6. The topological polar surface area (TPSA) is 117 Å². The van der Waals surface area contributed by atoms with E-state index in [2.05, 4.69) is 9.44 Å². The molecule has 2 aliphatic heterocycles. The minimum atomic E-state index is -3.60. The summed E-state index contributed by atoms with van der Waals surface area (Å²) in [5.41, 5.74) is 0. The van der Waals surface area contributed by atoms with E-state index in [1.54, 1.807) is 0 Å². The van der Waals surface area contributed by atoms with Crippen LogP contribution in [0.5, 0.6) is 0 Å². The molecule has 2 fully saturated rings. The molecular formula is C15H32N4O6S2. The van der Waals surface area contributed by atoms with Gasteiger partial charge in [0, 0.05) is 39.3 Å². The lowest BCUT2D eigenvalue weighted by Crippen LogP contribution is -2.52. The van der Waals surface area contributed by atoms with Crippen LogP contribution in [0, 0.1) is 0 Å². The maximum Gasteiger partial charge on any atom is 0.279 e. The Hall–Kier alpha value is -0.340. The van der Waals surface area contributed by atoms with Gasteiger partial charge in [0.15, 0.2) is 0 Å². The number of ether oxygens (including phenoxy) is 2. The molecule has 4 unspecified atom stereocenters. The summed E-state index contributed by atoms with van der Waals surface area (Å²) in [7, 11) is -7.20. The molecule has 27 heavy (non-hydrogen) atoms. The van der Waals surface area contributed by atoms with Crippen LogP contribution in [-0.2, 0) is 29.9 Å². The zero-order valence-electron chi connectivity index (χ0n) is 16.4. The van der Waals surface area contributed by atoms with E-state index in [9.17, 15) is 16.8 Å². The monoisotopic (exact) mass is 428 g/mol. The van der Waals surface area contributed by atoms with Crippen LogP contribution in [0.3, 0.4) is 0 Å². The fourth-order valence-corrected chi connectivity index (χ4v) is 6.12. The Kier molecular flexibility index (Phi) is 8.02. The van der Waals surface area contributed by atoms with E-state index in [1.807, 2.05) is 27.7 Å². The molecule has 160 valence electrons. The lowest BCUT2D eigenvalue weighted by atomic mass is 10.3. The Morgan fingerprint density at radius 3 is 1.30 bits per heavy atom. The zero-order chi connectivity index (χ0) is 20.2. The SMILES string of the molecule is CC1CN(S(=O)(=O)NCCCNS(=O)(=O)N2CC(C)OC(C)C2)CC(C)O1. The van der Waals surface area contributed by atoms with Crippen LogP contribution in [0.4, 0.5) is 0 Å². The highest BCUT2D eigenvalue weighted by molar-refractivity contribution is 7.87. The molecule has 0 aromatic carbocycles. The Morgan fingerprint density at radius 1 is 0.704 bits per heavy atom. The van der Waals surface area contributed by atoms with Gasteiger partial charge in [0.2, 0.25) is 0 Å². The summed E-state index contributed by atoms with van der Waals surface area (Å²) in [5, 5.41) is 0. The van der Waals surface area contributed by atoms with Gasteiger partial charge in [0.1, 0.15) is 0 Å². The van der Waals surface area contributed by atoms with Crippen molar-refractivity contribution in [1.29, 1.82) is 0 Å². The Labute approximate surface area is 162 Å². The summed E-state index contributed by atoms with van der Waals surface area (Å²) in [6.45, 7) is 8.86. The van der Waals surface area contributed by atoms with Gasteiger partial charge in [0.25, 0.3) is 20.4 Å². The summed E-state index contributed by atoms with van der Waals surface area (Å²) in [5.74, 6) is 0. The van der Waals surface area contributed by atoms with E-state index < -0.39 is 20.4 Å². The quantitative estimate of drug-likeness (QED) is 0.492. The standard InChI is InChI=1S/C15H32N4O6S2/c1-12-8-18(9-13(2)24-12)26(20,21)16-6-5-7-17-27(22,23)19-10-14(3)25-15(4)11-19/h12-17H,5-11H2,1-4H3. The van der Waals surface area contributed by atoms with Crippen LogP contribution < -0.4 is 9.44 Å². The average molecular weight is 429 g/mol. The third-order valence-electron chi connectivity index (χ3n) is 4.37. The molecule has 0 aromatic heterocycles. The van der Waals surface area contributed by atoms with E-state index in [4.69, 9.17) is 9.47 Å². The van der Waals surface area contributed by atoms with Crippen LogP contribution in [0.2, 0.25) is 0 Å². The molecule has 0 spiro atoms. The Balaban J connectivity index is 1.74. The fourth-order valence-electron chi connectivity index (χ4n) is 3.33. The lowest BCUT2D eigenvalue weighted by Gasteiger charge is -2.34. The van der Waals surface area contributed by atoms with Crippen molar-refractivity contribution >= 4 is 20.4 Å². The van der Waals surface area contributed by atoms with Crippen molar-refractivity contribution in [1.82, 2.24) is 18.1 Å². The number of nitrogens with one attached hydrogen (secondary N) is 2. The van der Waals surface area contributed by atoms with Crippen molar-refractivity contribution in [2.45, 2.75) is 58.5 Å². The minimum absolute atomic E-state index is 0.154. The molecule has 2 aliphatic rings. The number of hydrogen-bond donors (Lipinski definition) is 2. The van der Waals surface area contributed by atoms with E-state index in [1.165, 1.54) is 8.61 Å². The van der Waals surface area contributed by atoms with Gasteiger partial charge in [-0.25, -0.2) is 9.44 Å². The Morgan fingerprint density at radius 2 is 1.00 bits per heavy atom. The largest absolute Gasteiger partial charge is 0.373 e. The molecular weight excluding hydrogens is 396 g/mol. The highest BCUT2D eigenvalue weighted by atomic mass is 32.2. The molecule has 10 nitrogen and oxygen atoms in total. The summed E-state index contributed by atoms with van der Waals surface area (Å²) >= 11 is 0. The van der Waals surface area contributed by atoms with Crippen molar-refractivity contribution in [3.05, 3.63) is 0 Å². The second-order valence-corrected chi connectivity index (χ2v) is 10.8. The van der Waals surface area contributed by atoms with E-state index in [0.717, 1.165) is 0 Å². The predicted molar refractivity (Wildman–Crippen MR) is 102 cm³/mol. The number of rotatable bonds is 8. The van der Waals surface area contributed by atoms with Crippen LogP contribution in [-0.4, -0.2) is 89.1 Å². The van der Waals surface area contributed by atoms with Gasteiger partial charge in [-0.1, -0.05) is 0 Å². The van der Waals surface area contributed by atoms with Gasteiger partial charge in [-0.15, -0.1) is 0 Å². The van der Waals surface area contributed by atoms with Crippen molar-refractivity contribution in [3.8, 4) is 0 Å². The van der Waals surface area contributed by atoms with Crippen LogP contribution in [0.25, 0.3) is 0 Å².